The first-order valence-electron chi connectivity index (χ1n) is 7.91. The maximum absolute atomic E-state index is 5.69. The molecule has 0 aliphatic heterocycles. The normalized spacial score (nSPS) is 10.8. The van der Waals surface area contributed by atoms with E-state index in [2.05, 4.69) is 20.6 Å². The summed E-state index contributed by atoms with van der Waals surface area (Å²) >= 11 is 1.67. The van der Waals surface area contributed by atoms with E-state index in [0.29, 0.717) is 19.7 Å². The second-order valence-electron chi connectivity index (χ2n) is 5.01. The number of aryl methyl sites for hydroxylation is 1. The Hall–Kier alpha value is -1.55. The number of aromatic nitrogens is 1. The SMILES string of the molecule is CCNC(=NCc1ncc(C)s1)NCCOc1ccc(OC)cc1.I. The van der Waals surface area contributed by atoms with Crippen LogP contribution in [-0.2, 0) is 6.54 Å². The third-order valence-electron chi connectivity index (χ3n) is 3.11. The lowest BCUT2D eigenvalue weighted by Crippen LogP contribution is -2.39. The van der Waals surface area contributed by atoms with Gasteiger partial charge in [0.15, 0.2) is 5.96 Å². The van der Waals surface area contributed by atoms with E-state index in [1.807, 2.05) is 44.3 Å². The smallest absolute Gasteiger partial charge is 0.191 e. The van der Waals surface area contributed by atoms with Crippen LogP contribution < -0.4 is 20.1 Å². The highest BCUT2D eigenvalue weighted by atomic mass is 127. The lowest BCUT2D eigenvalue weighted by molar-refractivity contribution is 0.321. The van der Waals surface area contributed by atoms with Crippen molar-refractivity contribution in [1.82, 2.24) is 15.6 Å². The minimum Gasteiger partial charge on any atom is -0.497 e. The number of hydrogen-bond acceptors (Lipinski definition) is 5. The van der Waals surface area contributed by atoms with Crippen molar-refractivity contribution in [1.29, 1.82) is 0 Å². The standard InChI is InChI=1S/C17H24N4O2S.HI/c1-4-18-17(21-12-16-20-11-13(2)24-16)19-9-10-23-15-7-5-14(22-3)6-8-15;/h5-8,11H,4,9-10,12H2,1-3H3,(H2,18,19,21);1H. The molecule has 6 nitrogen and oxygen atoms in total. The number of nitrogens with zero attached hydrogens (tertiary/aromatic N) is 2. The summed E-state index contributed by atoms with van der Waals surface area (Å²) in [5.41, 5.74) is 0. The summed E-state index contributed by atoms with van der Waals surface area (Å²) in [6, 6.07) is 7.54. The molecular weight excluding hydrogens is 451 g/mol. The van der Waals surface area contributed by atoms with Gasteiger partial charge >= 0.3 is 0 Å². The number of benzene rings is 1. The van der Waals surface area contributed by atoms with E-state index in [4.69, 9.17) is 9.47 Å². The summed E-state index contributed by atoms with van der Waals surface area (Å²) in [6.07, 6.45) is 1.87. The Kier molecular flexibility index (Phi) is 10.2. The largest absolute Gasteiger partial charge is 0.497 e. The van der Waals surface area contributed by atoms with Crippen LogP contribution in [0.2, 0.25) is 0 Å². The molecule has 0 aliphatic carbocycles. The first-order chi connectivity index (χ1) is 11.7. The number of ether oxygens (including phenoxy) is 2. The van der Waals surface area contributed by atoms with Crippen LogP contribution in [0.25, 0.3) is 0 Å². The zero-order chi connectivity index (χ0) is 17.2. The van der Waals surface area contributed by atoms with Gasteiger partial charge in [-0.05, 0) is 38.1 Å². The minimum atomic E-state index is 0. The molecule has 0 amide bonds. The van der Waals surface area contributed by atoms with Gasteiger partial charge in [-0.3, -0.25) is 0 Å². The van der Waals surface area contributed by atoms with E-state index in [1.165, 1.54) is 4.88 Å². The summed E-state index contributed by atoms with van der Waals surface area (Å²) in [7, 11) is 1.65. The van der Waals surface area contributed by atoms with Gasteiger partial charge in [0.05, 0.1) is 20.2 Å². The molecule has 0 spiro atoms. The lowest BCUT2D eigenvalue weighted by atomic mass is 10.3. The Morgan fingerprint density at radius 3 is 2.52 bits per heavy atom. The van der Waals surface area contributed by atoms with Gasteiger partial charge in [0.1, 0.15) is 23.1 Å². The molecule has 8 heteroatoms. The topological polar surface area (TPSA) is 67.8 Å². The van der Waals surface area contributed by atoms with Crippen molar-refractivity contribution >= 4 is 41.3 Å². The zero-order valence-corrected chi connectivity index (χ0v) is 17.9. The number of thiazole rings is 1. The van der Waals surface area contributed by atoms with Crippen LogP contribution in [0.3, 0.4) is 0 Å². The summed E-state index contributed by atoms with van der Waals surface area (Å²) in [6.45, 7) is 6.68. The number of methoxy groups -OCH3 is 1. The van der Waals surface area contributed by atoms with E-state index in [-0.39, 0.29) is 24.0 Å². The van der Waals surface area contributed by atoms with Crippen LogP contribution in [0.1, 0.15) is 16.8 Å². The second-order valence-corrected chi connectivity index (χ2v) is 6.33. The van der Waals surface area contributed by atoms with Crippen molar-refractivity contribution < 1.29 is 9.47 Å². The quantitative estimate of drug-likeness (QED) is 0.265. The van der Waals surface area contributed by atoms with Crippen LogP contribution in [-0.4, -0.2) is 37.7 Å². The summed E-state index contributed by atoms with van der Waals surface area (Å²) in [4.78, 5) is 10.1. The molecule has 0 unspecified atom stereocenters. The van der Waals surface area contributed by atoms with Crippen LogP contribution in [0.15, 0.2) is 35.5 Å². The molecule has 1 aromatic heterocycles. The zero-order valence-electron chi connectivity index (χ0n) is 14.7. The van der Waals surface area contributed by atoms with Crippen LogP contribution in [0.4, 0.5) is 0 Å². The molecule has 0 fully saturated rings. The van der Waals surface area contributed by atoms with Gasteiger partial charge in [-0.15, -0.1) is 35.3 Å². The van der Waals surface area contributed by atoms with Gasteiger partial charge in [0.2, 0.25) is 0 Å². The van der Waals surface area contributed by atoms with Crippen molar-refractivity contribution in [3.63, 3.8) is 0 Å². The number of guanidine groups is 1. The van der Waals surface area contributed by atoms with Crippen molar-refractivity contribution in [2.75, 3.05) is 26.8 Å². The molecular formula is C17H25IN4O2S. The molecule has 0 radical (unpaired) electrons. The predicted molar refractivity (Wildman–Crippen MR) is 114 cm³/mol. The van der Waals surface area contributed by atoms with Crippen molar-refractivity contribution in [2.24, 2.45) is 4.99 Å². The van der Waals surface area contributed by atoms with Crippen molar-refractivity contribution in [3.8, 4) is 11.5 Å². The van der Waals surface area contributed by atoms with Gasteiger partial charge in [-0.2, -0.15) is 0 Å². The molecule has 0 bridgehead atoms. The van der Waals surface area contributed by atoms with Gasteiger partial charge in [0, 0.05) is 17.6 Å². The number of rotatable bonds is 8. The molecule has 1 heterocycles. The third-order valence-corrected chi connectivity index (χ3v) is 4.01. The minimum absolute atomic E-state index is 0. The number of aliphatic imine (C=N–C) groups is 1. The fraction of sp³-hybridized carbons (Fsp3) is 0.412. The van der Waals surface area contributed by atoms with Crippen molar-refractivity contribution in [2.45, 2.75) is 20.4 Å². The Morgan fingerprint density at radius 2 is 1.92 bits per heavy atom. The highest BCUT2D eigenvalue weighted by Gasteiger charge is 2.01. The van der Waals surface area contributed by atoms with Crippen LogP contribution in [0, 0.1) is 6.92 Å². The fourth-order valence-corrected chi connectivity index (χ4v) is 2.68. The molecule has 2 aromatic rings. The molecule has 0 atom stereocenters. The van der Waals surface area contributed by atoms with Gasteiger partial charge in [-0.1, -0.05) is 0 Å². The molecule has 25 heavy (non-hydrogen) atoms. The average Bonchev–Trinajstić information content (AvgIpc) is 3.02. The summed E-state index contributed by atoms with van der Waals surface area (Å²) in [5, 5.41) is 7.49. The molecule has 0 saturated heterocycles. The monoisotopic (exact) mass is 476 g/mol. The molecule has 0 aliphatic rings. The van der Waals surface area contributed by atoms with E-state index in [0.717, 1.165) is 29.0 Å². The first kappa shape index (κ1) is 21.5. The third kappa shape index (κ3) is 7.91. The Balaban J connectivity index is 0.00000312. The first-order valence-corrected chi connectivity index (χ1v) is 8.73. The maximum atomic E-state index is 5.69. The lowest BCUT2D eigenvalue weighted by Gasteiger charge is -2.12. The average molecular weight is 476 g/mol. The Labute approximate surface area is 170 Å². The maximum Gasteiger partial charge on any atom is 0.191 e. The fourth-order valence-electron chi connectivity index (χ4n) is 1.97. The number of nitrogens with one attached hydrogen (secondary N) is 2. The Morgan fingerprint density at radius 1 is 1.20 bits per heavy atom. The molecule has 1 aromatic carbocycles. The Bertz CT molecular complexity index is 646. The summed E-state index contributed by atoms with van der Waals surface area (Å²) in [5.74, 6) is 2.40. The van der Waals surface area contributed by atoms with E-state index >= 15 is 0 Å². The van der Waals surface area contributed by atoms with E-state index < -0.39 is 0 Å². The van der Waals surface area contributed by atoms with Gasteiger partial charge in [-0.25, -0.2) is 9.98 Å². The second kappa shape index (κ2) is 11.9. The van der Waals surface area contributed by atoms with Crippen LogP contribution >= 0.6 is 35.3 Å². The number of halogens is 1. The molecule has 0 saturated carbocycles. The predicted octanol–water partition coefficient (Wildman–Crippen LogP) is 3.21. The molecule has 138 valence electrons. The van der Waals surface area contributed by atoms with Gasteiger partial charge in [0.25, 0.3) is 0 Å². The van der Waals surface area contributed by atoms with Crippen molar-refractivity contribution in [3.05, 3.63) is 40.3 Å². The molecule has 2 rings (SSSR count). The van der Waals surface area contributed by atoms with Crippen LogP contribution in [0.5, 0.6) is 11.5 Å². The number of hydrogen-bond donors (Lipinski definition) is 2. The van der Waals surface area contributed by atoms with E-state index in [1.54, 1.807) is 18.4 Å². The van der Waals surface area contributed by atoms with E-state index in [9.17, 15) is 0 Å². The van der Waals surface area contributed by atoms with Gasteiger partial charge < -0.3 is 20.1 Å². The highest BCUT2D eigenvalue weighted by molar-refractivity contribution is 14.0. The molecule has 2 N–H and O–H groups in total. The summed E-state index contributed by atoms with van der Waals surface area (Å²) < 4.78 is 10.8. The highest BCUT2D eigenvalue weighted by Crippen LogP contribution is 2.16.